The van der Waals surface area contributed by atoms with E-state index in [0.29, 0.717) is 11.4 Å². The van der Waals surface area contributed by atoms with Gasteiger partial charge in [0.15, 0.2) is 0 Å². The number of nitrogens with one attached hydrogen (secondary N) is 2. The normalized spacial score (nSPS) is 9.62. The van der Waals surface area contributed by atoms with Gasteiger partial charge in [0.25, 0.3) is 0 Å². The van der Waals surface area contributed by atoms with E-state index in [2.05, 4.69) is 15.6 Å². The average Bonchev–Trinajstić information content (AvgIpc) is 2.19. The van der Waals surface area contributed by atoms with Gasteiger partial charge in [-0.2, -0.15) is 0 Å². The van der Waals surface area contributed by atoms with Gasteiger partial charge < -0.3 is 15.7 Å². The Morgan fingerprint density at radius 1 is 1.38 bits per heavy atom. The molecule has 3 N–H and O–H groups in total. The van der Waals surface area contributed by atoms with E-state index in [4.69, 9.17) is 5.11 Å². The molecule has 0 aliphatic heterocycles. The molecule has 0 fully saturated rings. The van der Waals surface area contributed by atoms with Crippen LogP contribution < -0.4 is 10.6 Å². The number of anilines is 1. The molecule has 0 aliphatic carbocycles. The molecule has 0 aliphatic rings. The van der Waals surface area contributed by atoms with E-state index in [1.165, 1.54) is 0 Å². The lowest BCUT2D eigenvalue weighted by atomic mass is 10.3. The Morgan fingerprint density at radius 3 is 2.62 bits per heavy atom. The van der Waals surface area contributed by atoms with Crippen LogP contribution in [0.4, 0.5) is 10.5 Å². The Hall–Kier alpha value is -2.11. The summed E-state index contributed by atoms with van der Waals surface area (Å²) in [6, 6.07) is 2.92. The standard InChI is InChI=1S/C10H13N3O3/c1-6-3-4-8(7(2)12-6)13-10(16)11-5-9(14)15/h3-4H,5H2,1-2H3,(H,14,15)(H2,11,13,16). The summed E-state index contributed by atoms with van der Waals surface area (Å²) in [6.07, 6.45) is 0. The quantitative estimate of drug-likeness (QED) is 0.710. The van der Waals surface area contributed by atoms with Crippen LogP contribution in [0.5, 0.6) is 0 Å². The first-order valence-corrected chi connectivity index (χ1v) is 4.70. The van der Waals surface area contributed by atoms with Crippen LogP contribution in [0.15, 0.2) is 12.1 Å². The summed E-state index contributed by atoms with van der Waals surface area (Å²) in [5.74, 6) is -1.09. The van der Waals surface area contributed by atoms with Crippen molar-refractivity contribution < 1.29 is 14.7 Å². The SMILES string of the molecule is Cc1ccc(NC(=O)NCC(=O)O)c(C)n1. The topological polar surface area (TPSA) is 91.3 Å². The van der Waals surface area contributed by atoms with Crippen LogP contribution in [-0.2, 0) is 4.79 Å². The van der Waals surface area contributed by atoms with Crippen molar-refractivity contribution in [2.45, 2.75) is 13.8 Å². The van der Waals surface area contributed by atoms with Gasteiger partial charge in [0, 0.05) is 5.69 Å². The maximum atomic E-state index is 11.2. The van der Waals surface area contributed by atoms with Gasteiger partial charge in [-0.25, -0.2) is 4.79 Å². The van der Waals surface area contributed by atoms with Crippen LogP contribution in [0, 0.1) is 13.8 Å². The van der Waals surface area contributed by atoms with Crippen molar-refractivity contribution in [3.8, 4) is 0 Å². The highest BCUT2D eigenvalue weighted by Crippen LogP contribution is 2.11. The summed E-state index contributed by atoms with van der Waals surface area (Å²) in [5.41, 5.74) is 2.10. The van der Waals surface area contributed by atoms with Crippen LogP contribution >= 0.6 is 0 Å². The fraction of sp³-hybridized carbons (Fsp3) is 0.300. The second kappa shape index (κ2) is 5.11. The zero-order valence-corrected chi connectivity index (χ0v) is 9.07. The molecule has 1 aromatic heterocycles. The number of nitrogens with zero attached hydrogens (tertiary/aromatic N) is 1. The highest BCUT2D eigenvalue weighted by atomic mass is 16.4. The number of carboxylic acids is 1. The second-order valence-electron chi connectivity index (χ2n) is 3.29. The van der Waals surface area contributed by atoms with Crippen molar-refractivity contribution in [2.75, 3.05) is 11.9 Å². The molecule has 0 aromatic carbocycles. The predicted octanol–water partition coefficient (Wildman–Crippen LogP) is 0.905. The molecule has 6 nitrogen and oxygen atoms in total. The third kappa shape index (κ3) is 3.56. The van der Waals surface area contributed by atoms with Crippen molar-refractivity contribution in [1.29, 1.82) is 0 Å². The first-order valence-electron chi connectivity index (χ1n) is 4.70. The second-order valence-corrected chi connectivity index (χ2v) is 3.29. The number of hydrogen-bond acceptors (Lipinski definition) is 3. The summed E-state index contributed by atoms with van der Waals surface area (Å²) < 4.78 is 0. The van der Waals surface area contributed by atoms with Gasteiger partial charge in [0.2, 0.25) is 0 Å². The molecule has 1 heterocycles. The summed E-state index contributed by atoms with van der Waals surface area (Å²) >= 11 is 0. The molecule has 0 saturated carbocycles. The van der Waals surface area contributed by atoms with Crippen LogP contribution in [-0.4, -0.2) is 28.6 Å². The molecule has 16 heavy (non-hydrogen) atoms. The van der Waals surface area contributed by atoms with E-state index >= 15 is 0 Å². The molecule has 0 saturated heterocycles. The van der Waals surface area contributed by atoms with Crippen LogP contribution in [0.1, 0.15) is 11.4 Å². The van der Waals surface area contributed by atoms with Crippen molar-refractivity contribution in [2.24, 2.45) is 0 Å². The molecule has 86 valence electrons. The number of aromatic nitrogens is 1. The number of pyridine rings is 1. The minimum absolute atomic E-state index is 0.413. The summed E-state index contributed by atoms with van der Waals surface area (Å²) in [4.78, 5) is 25.6. The summed E-state index contributed by atoms with van der Waals surface area (Å²) in [5, 5.41) is 13.1. The van der Waals surface area contributed by atoms with Gasteiger partial charge in [0.1, 0.15) is 6.54 Å². The largest absolute Gasteiger partial charge is 0.480 e. The molecule has 6 heteroatoms. The van der Waals surface area contributed by atoms with E-state index < -0.39 is 18.5 Å². The van der Waals surface area contributed by atoms with E-state index in [1.54, 1.807) is 19.1 Å². The molecule has 0 bridgehead atoms. The zero-order valence-electron chi connectivity index (χ0n) is 9.07. The van der Waals surface area contributed by atoms with Gasteiger partial charge in [-0.3, -0.25) is 9.78 Å². The number of amides is 2. The minimum Gasteiger partial charge on any atom is -0.480 e. The number of aryl methyl sites for hydroxylation is 2. The predicted molar refractivity (Wildman–Crippen MR) is 58.4 cm³/mol. The summed E-state index contributed by atoms with van der Waals surface area (Å²) in [7, 11) is 0. The Morgan fingerprint density at radius 2 is 2.06 bits per heavy atom. The molecule has 0 unspecified atom stereocenters. The third-order valence-electron chi connectivity index (χ3n) is 1.87. The van der Waals surface area contributed by atoms with E-state index in [9.17, 15) is 9.59 Å². The smallest absolute Gasteiger partial charge is 0.323 e. The Labute approximate surface area is 92.7 Å². The average molecular weight is 223 g/mol. The zero-order chi connectivity index (χ0) is 12.1. The number of carbonyl (C=O) groups is 2. The van der Waals surface area contributed by atoms with Gasteiger partial charge in [-0.05, 0) is 26.0 Å². The molecule has 2 amide bonds. The Bertz CT molecular complexity index is 418. The Kier molecular flexibility index (Phi) is 3.82. The van der Waals surface area contributed by atoms with E-state index in [0.717, 1.165) is 5.69 Å². The fourth-order valence-corrected chi connectivity index (χ4v) is 1.14. The number of carbonyl (C=O) groups excluding carboxylic acids is 1. The van der Waals surface area contributed by atoms with Crippen LogP contribution in [0.2, 0.25) is 0 Å². The highest BCUT2D eigenvalue weighted by Gasteiger charge is 2.06. The monoisotopic (exact) mass is 223 g/mol. The lowest BCUT2D eigenvalue weighted by Gasteiger charge is -2.08. The van der Waals surface area contributed by atoms with Crippen molar-refractivity contribution >= 4 is 17.7 Å². The van der Waals surface area contributed by atoms with Crippen LogP contribution in [0.25, 0.3) is 0 Å². The van der Waals surface area contributed by atoms with Crippen molar-refractivity contribution in [1.82, 2.24) is 10.3 Å². The fourth-order valence-electron chi connectivity index (χ4n) is 1.14. The Balaban J connectivity index is 2.59. The first kappa shape index (κ1) is 12.0. The summed E-state index contributed by atoms with van der Waals surface area (Å²) in [6.45, 7) is 3.20. The first-order chi connectivity index (χ1) is 7.49. The third-order valence-corrected chi connectivity index (χ3v) is 1.87. The van der Waals surface area contributed by atoms with Crippen molar-refractivity contribution in [3.05, 3.63) is 23.5 Å². The lowest BCUT2D eigenvalue weighted by Crippen LogP contribution is -2.33. The highest BCUT2D eigenvalue weighted by molar-refractivity contribution is 5.91. The number of rotatable bonds is 3. The molecular weight excluding hydrogens is 210 g/mol. The maximum Gasteiger partial charge on any atom is 0.323 e. The number of urea groups is 1. The molecule has 1 aromatic rings. The van der Waals surface area contributed by atoms with Gasteiger partial charge in [0.05, 0.1) is 11.4 Å². The molecular formula is C10H13N3O3. The minimum atomic E-state index is -1.09. The van der Waals surface area contributed by atoms with E-state index in [-0.39, 0.29) is 0 Å². The van der Waals surface area contributed by atoms with Gasteiger partial charge >= 0.3 is 12.0 Å². The van der Waals surface area contributed by atoms with E-state index in [1.807, 2.05) is 6.92 Å². The molecule has 0 atom stereocenters. The number of hydrogen-bond donors (Lipinski definition) is 3. The van der Waals surface area contributed by atoms with Crippen molar-refractivity contribution in [3.63, 3.8) is 0 Å². The van der Waals surface area contributed by atoms with Gasteiger partial charge in [-0.1, -0.05) is 0 Å². The molecule has 0 radical (unpaired) electrons. The number of aliphatic carboxylic acids is 1. The molecule has 1 rings (SSSR count). The number of carboxylic acid groups (broad SMARTS) is 1. The van der Waals surface area contributed by atoms with Crippen LogP contribution in [0.3, 0.4) is 0 Å². The van der Waals surface area contributed by atoms with Gasteiger partial charge in [-0.15, -0.1) is 0 Å². The molecule has 0 spiro atoms. The lowest BCUT2D eigenvalue weighted by molar-refractivity contribution is -0.135. The maximum absolute atomic E-state index is 11.2.